The van der Waals surface area contributed by atoms with E-state index in [1.54, 1.807) is 0 Å². The first-order valence-electron chi connectivity index (χ1n) is 5.96. The molecule has 2 rings (SSSR count). The lowest BCUT2D eigenvalue weighted by Gasteiger charge is -2.33. The Labute approximate surface area is 91.2 Å². The fourth-order valence-electron chi connectivity index (χ4n) is 2.39. The maximum atomic E-state index is 8.75. The largest absolute Gasteiger partial charge is 0.396 e. The topological polar surface area (TPSA) is 41.9 Å². The van der Waals surface area contributed by atoms with E-state index in [9.17, 15) is 0 Å². The second kappa shape index (κ2) is 5.80. The van der Waals surface area contributed by atoms with Gasteiger partial charge in [0, 0.05) is 19.1 Å². The van der Waals surface area contributed by atoms with E-state index in [1.165, 1.54) is 0 Å². The SMILES string of the molecule is OCCCN1CCC(C2OCCO2)CC1. The van der Waals surface area contributed by atoms with Gasteiger partial charge in [-0.15, -0.1) is 0 Å². The van der Waals surface area contributed by atoms with Crippen LogP contribution in [0, 0.1) is 5.92 Å². The summed E-state index contributed by atoms with van der Waals surface area (Å²) in [5, 5.41) is 8.75. The lowest BCUT2D eigenvalue weighted by molar-refractivity contribution is -0.0974. The summed E-state index contributed by atoms with van der Waals surface area (Å²) >= 11 is 0. The molecular weight excluding hydrogens is 194 g/mol. The fraction of sp³-hybridized carbons (Fsp3) is 1.00. The smallest absolute Gasteiger partial charge is 0.160 e. The molecule has 0 unspecified atom stereocenters. The van der Waals surface area contributed by atoms with Crippen molar-refractivity contribution in [3.8, 4) is 0 Å². The molecule has 0 atom stereocenters. The first-order chi connectivity index (χ1) is 7.40. The van der Waals surface area contributed by atoms with Crippen LogP contribution in [-0.2, 0) is 9.47 Å². The van der Waals surface area contributed by atoms with Gasteiger partial charge in [-0.05, 0) is 32.4 Å². The van der Waals surface area contributed by atoms with Gasteiger partial charge >= 0.3 is 0 Å². The highest BCUT2D eigenvalue weighted by Crippen LogP contribution is 2.25. The van der Waals surface area contributed by atoms with Crippen LogP contribution in [-0.4, -0.2) is 55.8 Å². The van der Waals surface area contributed by atoms with Gasteiger partial charge in [0.2, 0.25) is 0 Å². The number of piperidine rings is 1. The van der Waals surface area contributed by atoms with Gasteiger partial charge in [-0.1, -0.05) is 0 Å². The monoisotopic (exact) mass is 215 g/mol. The Morgan fingerprint density at radius 3 is 2.40 bits per heavy atom. The van der Waals surface area contributed by atoms with Crippen molar-refractivity contribution in [2.75, 3.05) is 39.5 Å². The Morgan fingerprint density at radius 2 is 1.80 bits per heavy atom. The minimum atomic E-state index is 0.0602. The minimum absolute atomic E-state index is 0.0602. The Morgan fingerprint density at radius 1 is 1.13 bits per heavy atom. The van der Waals surface area contributed by atoms with Gasteiger partial charge in [0.05, 0.1) is 13.2 Å². The second-order valence-electron chi connectivity index (χ2n) is 4.37. The number of aliphatic hydroxyl groups is 1. The van der Waals surface area contributed by atoms with Crippen molar-refractivity contribution in [3.63, 3.8) is 0 Å². The molecule has 0 radical (unpaired) electrons. The van der Waals surface area contributed by atoms with Gasteiger partial charge in [-0.2, -0.15) is 0 Å². The van der Waals surface area contributed by atoms with Crippen LogP contribution in [0.3, 0.4) is 0 Å². The van der Waals surface area contributed by atoms with Gasteiger partial charge in [0.1, 0.15) is 0 Å². The molecule has 15 heavy (non-hydrogen) atoms. The lowest BCUT2D eigenvalue weighted by atomic mass is 9.96. The van der Waals surface area contributed by atoms with Gasteiger partial charge in [0.25, 0.3) is 0 Å². The maximum Gasteiger partial charge on any atom is 0.160 e. The van der Waals surface area contributed by atoms with E-state index in [0.29, 0.717) is 12.5 Å². The Hall–Kier alpha value is -0.160. The molecule has 0 aromatic carbocycles. The van der Waals surface area contributed by atoms with E-state index in [0.717, 1.165) is 52.1 Å². The standard InChI is InChI=1S/C11H21NO3/c13-7-1-4-12-5-2-10(3-6-12)11-14-8-9-15-11/h10-11,13H,1-9H2. The summed E-state index contributed by atoms with van der Waals surface area (Å²) in [6, 6.07) is 0. The molecule has 0 aliphatic carbocycles. The highest BCUT2D eigenvalue weighted by Gasteiger charge is 2.29. The fourth-order valence-corrected chi connectivity index (χ4v) is 2.39. The van der Waals surface area contributed by atoms with Gasteiger partial charge in [-0.25, -0.2) is 0 Å². The third-order valence-electron chi connectivity index (χ3n) is 3.30. The molecule has 0 spiro atoms. The van der Waals surface area contributed by atoms with Crippen LogP contribution in [0.1, 0.15) is 19.3 Å². The number of nitrogens with zero attached hydrogens (tertiary/aromatic N) is 1. The lowest BCUT2D eigenvalue weighted by Crippen LogP contribution is -2.38. The molecule has 1 N–H and O–H groups in total. The highest BCUT2D eigenvalue weighted by molar-refractivity contribution is 4.75. The average molecular weight is 215 g/mol. The van der Waals surface area contributed by atoms with Crippen LogP contribution in [0.4, 0.5) is 0 Å². The Bertz CT molecular complexity index is 175. The van der Waals surface area contributed by atoms with Crippen molar-refractivity contribution in [2.45, 2.75) is 25.6 Å². The van der Waals surface area contributed by atoms with Gasteiger partial charge < -0.3 is 19.5 Å². The van der Waals surface area contributed by atoms with Gasteiger partial charge in [-0.3, -0.25) is 0 Å². The molecule has 2 fully saturated rings. The molecule has 2 aliphatic heterocycles. The molecule has 0 amide bonds. The number of rotatable bonds is 4. The normalized spacial score (nSPS) is 26.2. The summed E-state index contributed by atoms with van der Waals surface area (Å²) in [4.78, 5) is 2.42. The number of likely N-dealkylation sites (tertiary alicyclic amines) is 1. The van der Waals surface area contributed by atoms with Crippen molar-refractivity contribution in [2.24, 2.45) is 5.92 Å². The quantitative estimate of drug-likeness (QED) is 0.739. The Balaban J connectivity index is 1.67. The summed E-state index contributed by atoms with van der Waals surface area (Å²) in [6.07, 6.45) is 3.28. The molecule has 0 bridgehead atoms. The Kier molecular flexibility index (Phi) is 4.38. The van der Waals surface area contributed by atoms with Crippen molar-refractivity contribution >= 4 is 0 Å². The number of hydrogen-bond acceptors (Lipinski definition) is 4. The first kappa shape index (κ1) is 11.3. The zero-order valence-electron chi connectivity index (χ0n) is 9.23. The van der Waals surface area contributed by atoms with Crippen LogP contribution in [0.25, 0.3) is 0 Å². The third-order valence-corrected chi connectivity index (χ3v) is 3.30. The van der Waals surface area contributed by atoms with E-state index in [4.69, 9.17) is 14.6 Å². The predicted octanol–water partition coefficient (Wildman–Crippen LogP) is 0.454. The summed E-state index contributed by atoms with van der Waals surface area (Å²) in [6.45, 7) is 5.08. The zero-order valence-corrected chi connectivity index (χ0v) is 9.23. The van der Waals surface area contributed by atoms with Gasteiger partial charge in [0.15, 0.2) is 6.29 Å². The highest BCUT2D eigenvalue weighted by atomic mass is 16.7. The van der Waals surface area contributed by atoms with E-state index < -0.39 is 0 Å². The average Bonchev–Trinajstić information content (AvgIpc) is 2.80. The molecule has 88 valence electrons. The van der Waals surface area contributed by atoms with Crippen LogP contribution in [0.5, 0.6) is 0 Å². The van der Waals surface area contributed by atoms with E-state index >= 15 is 0 Å². The summed E-state index contributed by atoms with van der Waals surface area (Å²) in [5.74, 6) is 0.581. The molecule has 0 saturated carbocycles. The summed E-state index contributed by atoms with van der Waals surface area (Å²) in [7, 11) is 0. The molecular formula is C11H21NO3. The van der Waals surface area contributed by atoms with E-state index in [2.05, 4.69) is 4.90 Å². The molecule has 4 heteroatoms. The number of aliphatic hydroxyl groups excluding tert-OH is 1. The predicted molar refractivity (Wildman–Crippen MR) is 56.6 cm³/mol. The number of hydrogen-bond donors (Lipinski definition) is 1. The van der Waals surface area contributed by atoms with Crippen LogP contribution in [0.15, 0.2) is 0 Å². The van der Waals surface area contributed by atoms with Crippen LogP contribution < -0.4 is 0 Å². The molecule has 2 heterocycles. The minimum Gasteiger partial charge on any atom is -0.396 e. The van der Waals surface area contributed by atoms with Crippen molar-refractivity contribution < 1.29 is 14.6 Å². The molecule has 2 saturated heterocycles. The number of ether oxygens (including phenoxy) is 2. The van der Waals surface area contributed by atoms with E-state index in [1.807, 2.05) is 0 Å². The van der Waals surface area contributed by atoms with Crippen molar-refractivity contribution in [1.29, 1.82) is 0 Å². The van der Waals surface area contributed by atoms with E-state index in [-0.39, 0.29) is 6.29 Å². The third kappa shape index (κ3) is 3.14. The first-order valence-corrected chi connectivity index (χ1v) is 5.96. The maximum absolute atomic E-state index is 8.75. The molecule has 0 aromatic rings. The summed E-state index contributed by atoms with van der Waals surface area (Å²) < 4.78 is 11.1. The second-order valence-corrected chi connectivity index (χ2v) is 4.37. The molecule has 4 nitrogen and oxygen atoms in total. The van der Waals surface area contributed by atoms with Crippen LogP contribution in [0.2, 0.25) is 0 Å². The zero-order chi connectivity index (χ0) is 10.5. The van der Waals surface area contributed by atoms with Crippen molar-refractivity contribution in [3.05, 3.63) is 0 Å². The molecule has 2 aliphatic rings. The van der Waals surface area contributed by atoms with Crippen molar-refractivity contribution in [1.82, 2.24) is 4.90 Å². The van der Waals surface area contributed by atoms with Crippen LogP contribution >= 0.6 is 0 Å². The molecule has 0 aromatic heterocycles. The summed E-state index contributed by atoms with van der Waals surface area (Å²) in [5.41, 5.74) is 0.